The lowest BCUT2D eigenvalue weighted by Crippen LogP contribution is -2.43. The number of fused-ring (bicyclic) bond motifs is 2. The van der Waals surface area contributed by atoms with Crippen LogP contribution in [0.3, 0.4) is 0 Å². The fourth-order valence-corrected chi connectivity index (χ4v) is 5.02. The lowest BCUT2D eigenvalue weighted by atomic mass is 10.2. The monoisotopic (exact) mass is 410 g/mol. The number of hydrogen-bond acceptors (Lipinski definition) is 7. The quantitative estimate of drug-likeness (QED) is 0.672. The average molecular weight is 411 g/mol. The number of amides is 1. The fraction of sp³-hybridized carbons (Fsp3) is 0.400. The summed E-state index contributed by atoms with van der Waals surface area (Å²) in [5, 5.41) is 6.99. The Balaban J connectivity index is 1.39. The Bertz CT molecular complexity index is 1110. The molecule has 2 aromatic heterocycles. The van der Waals surface area contributed by atoms with Gasteiger partial charge in [0.15, 0.2) is 15.5 Å². The third-order valence-corrected chi connectivity index (χ3v) is 6.48. The highest BCUT2D eigenvalue weighted by molar-refractivity contribution is 7.21. The highest BCUT2D eigenvalue weighted by Gasteiger charge is 2.33. The molecule has 0 radical (unpaired) electrons. The molecule has 29 heavy (non-hydrogen) atoms. The molecular weight excluding hydrogens is 388 g/mol. The van der Waals surface area contributed by atoms with Crippen molar-refractivity contribution in [1.29, 1.82) is 0 Å². The second kappa shape index (κ2) is 7.57. The topological polar surface area (TPSA) is 92.2 Å². The number of anilines is 1. The molecule has 0 saturated carbocycles. The van der Waals surface area contributed by atoms with E-state index in [9.17, 15) is 9.59 Å². The van der Waals surface area contributed by atoms with Crippen molar-refractivity contribution in [2.24, 2.45) is 0 Å². The van der Waals surface area contributed by atoms with Crippen LogP contribution in [0.15, 0.2) is 35.1 Å². The van der Waals surface area contributed by atoms with E-state index in [1.807, 2.05) is 35.2 Å². The molecule has 1 atom stereocenters. The van der Waals surface area contributed by atoms with Crippen LogP contribution < -0.4 is 21.1 Å². The predicted molar refractivity (Wildman–Crippen MR) is 112 cm³/mol. The van der Waals surface area contributed by atoms with E-state index in [0.717, 1.165) is 37.3 Å². The Hall–Kier alpha value is -2.78. The molecule has 0 spiro atoms. The van der Waals surface area contributed by atoms with Gasteiger partial charge in [-0.2, -0.15) is 0 Å². The zero-order chi connectivity index (χ0) is 19.8. The average Bonchev–Trinajstić information content (AvgIpc) is 3.40. The van der Waals surface area contributed by atoms with Gasteiger partial charge >= 0.3 is 0 Å². The van der Waals surface area contributed by atoms with Crippen molar-refractivity contribution in [3.05, 3.63) is 52.1 Å². The van der Waals surface area contributed by atoms with E-state index in [2.05, 4.69) is 20.6 Å². The number of aromatic nitrogens is 3. The highest BCUT2D eigenvalue weighted by Crippen LogP contribution is 2.31. The largest absolute Gasteiger partial charge is 0.350 e. The van der Waals surface area contributed by atoms with Crippen LogP contribution in [0.1, 0.15) is 24.2 Å². The van der Waals surface area contributed by atoms with E-state index >= 15 is 0 Å². The minimum atomic E-state index is -0.265. The van der Waals surface area contributed by atoms with E-state index in [4.69, 9.17) is 0 Å². The Morgan fingerprint density at radius 2 is 2.10 bits per heavy atom. The van der Waals surface area contributed by atoms with Gasteiger partial charge in [0.1, 0.15) is 11.9 Å². The Kier molecular flexibility index (Phi) is 4.76. The van der Waals surface area contributed by atoms with Gasteiger partial charge in [-0.3, -0.25) is 14.2 Å². The molecule has 9 heteroatoms. The van der Waals surface area contributed by atoms with E-state index in [0.29, 0.717) is 35.1 Å². The Morgan fingerprint density at radius 3 is 2.97 bits per heavy atom. The SMILES string of the molecule is O=C(NCc1ccccc1)[C@H]1CCCN1c1nc2c(=O)n3c(nc2s1)CNCC3. The van der Waals surface area contributed by atoms with Crippen molar-refractivity contribution < 1.29 is 4.79 Å². The fourth-order valence-electron chi connectivity index (χ4n) is 3.99. The van der Waals surface area contributed by atoms with Gasteiger partial charge in [-0.05, 0) is 18.4 Å². The lowest BCUT2D eigenvalue weighted by Gasteiger charge is -2.23. The first-order valence-corrected chi connectivity index (χ1v) is 10.7. The van der Waals surface area contributed by atoms with Crippen LogP contribution in [-0.2, 0) is 24.4 Å². The summed E-state index contributed by atoms with van der Waals surface area (Å²) in [6.45, 7) is 3.22. The van der Waals surface area contributed by atoms with Gasteiger partial charge in [-0.1, -0.05) is 41.7 Å². The normalized spacial score (nSPS) is 18.8. The maximum Gasteiger partial charge on any atom is 0.281 e. The van der Waals surface area contributed by atoms with Crippen LogP contribution in [0.5, 0.6) is 0 Å². The van der Waals surface area contributed by atoms with Crippen LogP contribution in [0, 0.1) is 0 Å². The Morgan fingerprint density at radius 1 is 1.24 bits per heavy atom. The molecule has 2 aliphatic rings. The molecule has 150 valence electrons. The zero-order valence-electron chi connectivity index (χ0n) is 15.9. The molecule has 3 aromatic rings. The summed E-state index contributed by atoms with van der Waals surface area (Å²) in [7, 11) is 0. The molecule has 8 nitrogen and oxygen atoms in total. The van der Waals surface area contributed by atoms with Crippen molar-refractivity contribution >= 4 is 32.7 Å². The molecule has 0 bridgehead atoms. The van der Waals surface area contributed by atoms with Gasteiger partial charge < -0.3 is 15.5 Å². The molecule has 0 unspecified atom stereocenters. The first-order chi connectivity index (χ1) is 14.2. The molecule has 1 aromatic carbocycles. The van der Waals surface area contributed by atoms with E-state index in [1.165, 1.54) is 11.3 Å². The van der Waals surface area contributed by atoms with Crippen LogP contribution in [0.25, 0.3) is 10.3 Å². The summed E-state index contributed by atoms with van der Waals surface area (Å²) in [6, 6.07) is 9.61. The molecule has 1 amide bonds. The zero-order valence-corrected chi connectivity index (χ0v) is 16.7. The summed E-state index contributed by atoms with van der Waals surface area (Å²) in [4.78, 5) is 37.6. The van der Waals surface area contributed by atoms with Crippen molar-refractivity contribution in [1.82, 2.24) is 25.2 Å². The number of benzene rings is 1. The maximum atomic E-state index is 12.8. The van der Waals surface area contributed by atoms with E-state index in [-0.39, 0.29) is 17.5 Å². The lowest BCUT2D eigenvalue weighted by molar-refractivity contribution is -0.122. The van der Waals surface area contributed by atoms with Gasteiger partial charge in [-0.25, -0.2) is 9.97 Å². The standard InChI is InChI=1S/C20H22N6O2S/c27-17(22-11-13-5-2-1-3-6-13)14-7-4-9-25(14)20-24-16-18(29-20)23-15-12-21-8-10-26(15)19(16)28/h1-3,5-6,14,21H,4,7-12H2,(H,22,27)/t14-/m1/s1. The molecule has 2 aliphatic heterocycles. The second-order valence-electron chi connectivity index (χ2n) is 7.37. The molecular formula is C20H22N6O2S. The summed E-state index contributed by atoms with van der Waals surface area (Å²) in [6.07, 6.45) is 1.70. The number of carbonyl (C=O) groups is 1. The minimum absolute atomic E-state index is 0.00113. The number of nitrogens with zero attached hydrogens (tertiary/aromatic N) is 4. The second-order valence-corrected chi connectivity index (χ2v) is 8.32. The third kappa shape index (κ3) is 3.40. The number of nitrogens with one attached hydrogen (secondary N) is 2. The third-order valence-electron chi connectivity index (χ3n) is 5.49. The summed E-state index contributed by atoms with van der Waals surface area (Å²) < 4.78 is 1.70. The van der Waals surface area contributed by atoms with Crippen molar-refractivity contribution in [3.63, 3.8) is 0 Å². The van der Waals surface area contributed by atoms with Crippen molar-refractivity contribution in [3.8, 4) is 0 Å². The highest BCUT2D eigenvalue weighted by atomic mass is 32.1. The number of rotatable bonds is 4. The van der Waals surface area contributed by atoms with Gasteiger partial charge in [0.05, 0.1) is 6.54 Å². The van der Waals surface area contributed by atoms with Crippen LogP contribution in [0.4, 0.5) is 5.13 Å². The number of thiazole rings is 1. The predicted octanol–water partition coefficient (Wildman–Crippen LogP) is 1.24. The van der Waals surface area contributed by atoms with Gasteiger partial charge in [0.2, 0.25) is 5.91 Å². The molecule has 1 fully saturated rings. The van der Waals surface area contributed by atoms with Gasteiger partial charge in [0, 0.05) is 26.2 Å². The van der Waals surface area contributed by atoms with Gasteiger partial charge in [0.25, 0.3) is 5.56 Å². The summed E-state index contributed by atoms with van der Waals surface area (Å²) in [5.41, 5.74) is 1.39. The van der Waals surface area contributed by atoms with Crippen LogP contribution in [0.2, 0.25) is 0 Å². The first-order valence-electron chi connectivity index (χ1n) is 9.90. The number of carbonyl (C=O) groups excluding carboxylic acids is 1. The molecule has 0 aliphatic carbocycles. The Labute approximate surface area is 171 Å². The van der Waals surface area contributed by atoms with Crippen LogP contribution in [-0.4, -0.2) is 39.6 Å². The number of hydrogen-bond donors (Lipinski definition) is 2. The maximum absolute atomic E-state index is 12.8. The first kappa shape index (κ1) is 18.3. The summed E-state index contributed by atoms with van der Waals surface area (Å²) in [5.74, 6) is 0.751. The van der Waals surface area contributed by atoms with Crippen LogP contribution >= 0.6 is 11.3 Å². The summed E-state index contributed by atoms with van der Waals surface area (Å²) >= 11 is 1.40. The van der Waals surface area contributed by atoms with Crippen molar-refractivity contribution in [2.45, 2.75) is 38.5 Å². The van der Waals surface area contributed by atoms with E-state index in [1.54, 1.807) is 4.57 Å². The molecule has 1 saturated heterocycles. The molecule has 5 rings (SSSR count). The van der Waals surface area contributed by atoms with Crippen molar-refractivity contribution in [2.75, 3.05) is 18.0 Å². The van der Waals surface area contributed by atoms with Gasteiger partial charge in [-0.15, -0.1) is 0 Å². The molecule has 4 heterocycles. The smallest absolute Gasteiger partial charge is 0.281 e. The molecule has 2 N–H and O–H groups in total. The minimum Gasteiger partial charge on any atom is -0.350 e. The van der Waals surface area contributed by atoms with E-state index < -0.39 is 0 Å².